The van der Waals surface area contributed by atoms with E-state index in [2.05, 4.69) is 14.5 Å². The van der Waals surface area contributed by atoms with Crippen LogP contribution in [0.15, 0.2) is 61.2 Å². The zero-order chi connectivity index (χ0) is 15.8. The molecule has 0 bridgehead atoms. The summed E-state index contributed by atoms with van der Waals surface area (Å²) in [5, 5.41) is 0. The normalized spacial score (nSPS) is 11.0. The van der Waals surface area contributed by atoms with Gasteiger partial charge in [-0.1, -0.05) is 0 Å². The number of hydrogen-bond acceptors (Lipinski definition) is 2. The molecular formula is C18H16N4O. The highest BCUT2D eigenvalue weighted by Crippen LogP contribution is 2.17. The second-order valence-electron chi connectivity index (χ2n) is 5.39. The molecule has 0 aliphatic heterocycles. The largest absolute Gasteiger partial charge is 0.496 e. The predicted molar refractivity (Wildman–Crippen MR) is 87.2 cm³/mol. The first-order valence-electron chi connectivity index (χ1n) is 7.39. The lowest BCUT2D eigenvalue weighted by atomic mass is 10.3. The van der Waals surface area contributed by atoms with E-state index >= 15 is 0 Å². The molecule has 0 unspecified atom stereocenters. The first-order chi connectivity index (χ1) is 11.2. The maximum absolute atomic E-state index is 5.29. The molecule has 0 saturated carbocycles. The standard InChI is InChI=1S/C18H16N4O/c1-13-12-22(10-7-17(13)23-2)18-19-15-6-5-14(11-16(15)20-18)21-8-3-4-9-21/h3-12H,1-2H3. The van der Waals surface area contributed by atoms with Gasteiger partial charge in [-0.2, -0.15) is 0 Å². The van der Waals surface area contributed by atoms with Crippen molar-refractivity contribution in [3.05, 3.63) is 66.7 Å². The van der Waals surface area contributed by atoms with Gasteiger partial charge >= 0.3 is 0 Å². The lowest BCUT2D eigenvalue weighted by Gasteiger charge is -2.07. The number of pyridine rings is 1. The van der Waals surface area contributed by atoms with Crippen LogP contribution in [-0.2, 0) is 0 Å². The molecule has 0 N–H and O–H groups in total. The molecule has 23 heavy (non-hydrogen) atoms. The molecule has 5 heteroatoms. The van der Waals surface area contributed by atoms with Crippen molar-refractivity contribution in [3.63, 3.8) is 0 Å². The molecule has 4 aromatic rings. The highest BCUT2D eigenvalue weighted by molar-refractivity contribution is 5.78. The molecule has 0 spiro atoms. The molecule has 3 heterocycles. The molecule has 0 amide bonds. The fraction of sp³-hybridized carbons (Fsp3) is 0.111. The SMILES string of the molecule is COc1cc[n+](-c2nc3cc(-n4cccc4)ccc3[n-]2)cc1C. The molecule has 114 valence electrons. The average Bonchev–Trinajstić information content (AvgIpc) is 3.23. The lowest BCUT2D eigenvalue weighted by Crippen LogP contribution is -2.32. The Bertz CT molecular complexity index is 970. The number of aryl methyl sites for hydroxylation is 1. The molecule has 1 aromatic carbocycles. The highest BCUT2D eigenvalue weighted by Gasteiger charge is 2.08. The van der Waals surface area contributed by atoms with E-state index in [-0.39, 0.29) is 0 Å². The molecular weight excluding hydrogens is 288 g/mol. The number of aromatic nitrogens is 4. The zero-order valence-corrected chi connectivity index (χ0v) is 13.0. The first-order valence-corrected chi connectivity index (χ1v) is 7.39. The number of imidazole rings is 1. The van der Waals surface area contributed by atoms with Crippen LogP contribution in [0.3, 0.4) is 0 Å². The van der Waals surface area contributed by atoms with Crippen LogP contribution in [0.5, 0.6) is 5.75 Å². The molecule has 0 saturated heterocycles. The van der Waals surface area contributed by atoms with Gasteiger partial charge in [-0.25, -0.2) is 9.97 Å². The summed E-state index contributed by atoms with van der Waals surface area (Å²) < 4.78 is 9.26. The molecule has 0 aliphatic carbocycles. The number of nitrogens with zero attached hydrogens (tertiary/aromatic N) is 4. The van der Waals surface area contributed by atoms with E-state index in [9.17, 15) is 0 Å². The van der Waals surface area contributed by atoms with Gasteiger partial charge in [-0.05, 0) is 43.3 Å². The molecule has 0 atom stereocenters. The summed E-state index contributed by atoms with van der Waals surface area (Å²) >= 11 is 0. The van der Waals surface area contributed by atoms with Crippen molar-refractivity contribution in [2.45, 2.75) is 6.92 Å². The number of hydrogen-bond donors (Lipinski definition) is 0. The summed E-state index contributed by atoms with van der Waals surface area (Å²) in [5.74, 6) is 1.52. The van der Waals surface area contributed by atoms with Crippen molar-refractivity contribution >= 4 is 11.0 Å². The van der Waals surface area contributed by atoms with E-state index in [1.54, 1.807) is 7.11 Å². The van der Waals surface area contributed by atoms with Crippen molar-refractivity contribution in [3.8, 4) is 17.4 Å². The number of rotatable bonds is 3. The van der Waals surface area contributed by atoms with Crippen LogP contribution in [0.2, 0.25) is 0 Å². The lowest BCUT2D eigenvalue weighted by molar-refractivity contribution is -0.603. The van der Waals surface area contributed by atoms with Crippen LogP contribution >= 0.6 is 0 Å². The number of methoxy groups -OCH3 is 1. The van der Waals surface area contributed by atoms with Crippen LogP contribution in [0, 0.1) is 6.92 Å². The zero-order valence-electron chi connectivity index (χ0n) is 13.0. The van der Waals surface area contributed by atoms with E-state index in [0.29, 0.717) is 5.95 Å². The van der Waals surface area contributed by atoms with Crippen LogP contribution in [0.1, 0.15) is 5.56 Å². The quantitative estimate of drug-likeness (QED) is 0.546. The molecule has 3 aromatic heterocycles. The Balaban J connectivity index is 1.78. The number of fused-ring (bicyclic) bond motifs is 1. The smallest absolute Gasteiger partial charge is 0.234 e. The number of benzene rings is 1. The fourth-order valence-corrected chi connectivity index (χ4v) is 2.67. The summed E-state index contributed by atoms with van der Waals surface area (Å²) in [6.07, 6.45) is 7.91. The number of ether oxygens (including phenoxy) is 1. The molecule has 0 fully saturated rings. The summed E-state index contributed by atoms with van der Waals surface area (Å²) in [6, 6.07) is 12.0. The molecule has 0 radical (unpaired) electrons. The van der Waals surface area contributed by atoms with Crippen molar-refractivity contribution < 1.29 is 9.30 Å². The predicted octanol–water partition coefficient (Wildman–Crippen LogP) is 2.58. The Morgan fingerprint density at radius 3 is 2.74 bits per heavy atom. The minimum Gasteiger partial charge on any atom is -0.496 e. The summed E-state index contributed by atoms with van der Waals surface area (Å²) in [4.78, 5) is 9.25. The van der Waals surface area contributed by atoms with Gasteiger partial charge < -0.3 is 9.30 Å². The van der Waals surface area contributed by atoms with Gasteiger partial charge in [0.05, 0.1) is 18.1 Å². The van der Waals surface area contributed by atoms with Crippen molar-refractivity contribution in [1.29, 1.82) is 0 Å². The molecule has 0 aliphatic rings. The fourth-order valence-electron chi connectivity index (χ4n) is 2.67. The Kier molecular flexibility index (Phi) is 3.12. The second-order valence-corrected chi connectivity index (χ2v) is 5.39. The Morgan fingerprint density at radius 1 is 1.17 bits per heavy atom. The first kappa shape index (κ1) is 13.6. The van der Waals surface area contributed by atoms with Gasteiger partial charge in [0.25, 0.3) is 0 Å². The topological polar surface area (TPSA) is 45.0 Å². The van der Waals surface area contributed by atoms with Gasteiger partial charge in [0, 0.05) is 36.0 Å². The summed E-state index contributed by atoms with van der Waals surface area (Å²) in [7, 11) is 1.67. The van der Waals surface area contributed by atoms with E-state index in [1.807, 2.05) is 72.7 Å². The van der Waals surface area contributed by atoms with Gasteiger partial charge in [-0.3, -0.25) is 4.57 Å². The Labute approximate surface area is 133 Å². The summed E-state index contributed by atoms with van der Waals surface area (Å²) in [5.41, 5.74) is 3.88. The van der Waals surface area contributed by atoms with Crippen LogP contribution in [-0.4, -0.2) is 16.7 Å². The highest BCUT2D eigenvalue weighted by atomic mass is 16.5. The van der Waals surface area contributed by atoms with E-state index in [4.69, 9.17) is 4.74 Å². The maximum Gasteiger partial charge on any atom is 0.234 e. The van der Waals surface area contributed by atoms with Gasteiger partial charge in [0.2, 0.25) is 5.95 Å². The maximum atomic E-state index is 5.29. The monoisotopic (exact) mass is 304 g/mol. The van der Waals surface area contributed by atoms with E-state index in [0.717, 1.165) is 28.0 Å². The third kappa shape index (κ3) is 2.36. The minimum absolute atomic E-state index is 0.662. The summed E-state index contributed by atoms with van der Waals surface area (Å²) in [6.45, 7) is 2.00. The van der Waals surface area contributed by atoms with Crippen molar-refractivity contribution in [1.82, 2.24) is 14.5 Å². The average molecular weight is 304 g/mol. The van der Waals surface area contributed by atoms with Crippen molar-refractivity contribution in [2.24, 2.45) is 0 Å². The molecule has 4 rings (SSSR count). The van der Waals surface area contributed by atoms with Gasteiger partial charge in [0.1, 0.15) is 5.75 Å². The van der Waals surface area contributed by atoms with Crippen molar-refractivity contribution in [2.75, 3.05) is 7.11 Å². The van der Waals surface area contributed by atoms with E-state index < -0.39 is 0 Å². The van der Waals surface area contributed by atoms with Gasteiger partial charge in [0.15, 0.2) is 0 Å². The Morgan fingerprint density at radius 2 is 2.00 bits per heavy atom. The second kappa shape index (κ2) is 5.28. The van der Waals surface area contributed by atoms with Crippen LogP contribution in [0.4, 0.5) is 0 Å². The van der Waals surface area contributed by atoms with E-state index in [1.165, 1.54) is 0 Å². The third-order valence-electron chi connectivity index (χ3n) is 3.86. The third-order valence-corrected chi connectivity index (χ3v) is 3.86. The van der Waals surface area contributed by atoms with Crippen LogP contribution < -0.4 is 14.3 Å². The minimum atomic E-state index is 0.662. The molecule has 5 nitrogen and oxygen atoms in total. The van der Waals surface area contributed by atoms with Crippen LogP contribution in [0.25, 0.3) is 22.7 Å². The van der Waals surface area contributed by atoms with Gasteiger partial charge in [-0.15, -0.1) is 0 Å². The Hall–Kier alpha value is -3.08.